The van der Waals surface area contributed by atoms with Gasteiger partial charge in [0.2, 0.25) is 0 Å². The maximum atomic E-state index is 13.9. The second kappa shape index (κ2) is 11.5. The first-order valence-corrected chi connectivity index (χ1v) is 10.2. The summed E-state index contributed by atoms with van der Waals surface area (Å²) in [5, 5.41) is 33.3. The number of hydrogen-bond donors (Lipinski definition) is 0. The fourth-order valence-corrected chi connectivity index (χ4v) is 2.88. The van der Waals surface area contributed by atoms with Crippen molar-refractivity contribution in [3.05, 3.63) is 42.0 Å². The molecule has 256 valence electrons. The van der Waals surface area contributed by atoms with Crippen LogP contribution in [-0.4, -0.2) is 75.4 Å². The Morgan fingerprint density at radius 3 is 1.49 bits per heavy atom. The molecule has 1 rings (SSSR count). The molecule has 0 unspecified atom stereocenters. The number of carbonyl (C=O) groups is 1. The minimum absolute atomic E-state index is 0.149. The molecular weight excluding hydrogens is 694 g/mol. The highest BCUT2D eigenvalue weighted by molar-refractivity contribution is 5.76. The Kier molecular flexibility index (Phi) is 9.86. The van der Waals surface area contributed by atoms with Gasteiger partial charge in [-0.3, -0.25) is 30.3 Å². The maximum Gasteiger partial charge on any atom is 0.514 e. The van der Waals surface area contributed by atoms with Gasteiger partial charge >= 0.3 is 65.4 Å². The van der Waals surface area contributed by atoms with Gasteiger partial charge in [-0.05, 0) is 6.92 Å². The molecule has 1 aromatic rings. The van der Waals surface area contributed by atoms with Gasteiger partial charge in [-0.25, -0.2) is 13.6 Å². The highest BCUT2D eigenvalue weighted by Gasteiger charge is 2.93. The number of alkyl halides is 16. The zero-order valence-corrected chi connectivity index (χ0v) is 20.4. The first-order valence-electron chi connectivity index (χ1n) is 10.2. The van der Waals surface area contributed by atoms with E-state index >= 15 is 0 Å². The van der Waals surface area contributed by atoms with E-state index in [0.717, 1.165) is 0 Å². The number of carbonyl (C=O) groups excluding carboxylic acids is 1. The summed E-state index contributed by atoms with van der Waals surface area (Å²) in [6, 6.07) is -0.149. The molecule has 0 atom stereocenters. The third kappa shape index (κ3) is 5.87. The Morgan fingerprint density at radius 1 is 0.711 bits per heavy atom. The summed E-state index contributed by atoms with van der Waals surface area (Å²) in [6.07, 6.45) is -9.14. The van der Waals surface area contributed by atoms with Crippen molar-refractivity contribution in [3.8, 4) is 5.75 Å². The average Bonchev–Trinajstić information content (AvgIpc) is 2.86. The zero-order chi connectivity index (χ0) is 36.1. The van der Waals surface area contributed by atoms with Gasteiger partial charge in [0.15, 0.2) is 6.61 Å². The molecule has 0 aliphatic heterocycles. The molecule has 0 aliphatic rings. The van der Waals surface area contributed by atoms with E-state index in [1.807, 2.05) is 0 Å². The van der Waals surface area contributed by atoms with Crippen molar-refractivity contribution in [2.24, 2.45) is 0 Å². The molecule has 0 aliphatic carbocycles. The zero-order valence-electron chi connectivity index (χ0n) is 20.4. The fraction of sp³-hybridized carbons (Fsp3) is 0.588. The van der Waals surface area contributed by atoms with E-state index in [2.05, 4.69) is 9.47 Å². The van der Waals surface area contributed by atoms with Gasteiger partial charge < -0.3 is 9.47 Å². The molecule has 0 saturated heterocycles. The second-order valence-corrected chi connectivity index (χ2v) is 8.13. The van der Waals surface area contributed by atoms with Gasteiger partial charge in [-0.1, -0.05) is 0 Å². The van der Waals surface area contributed by atoms with Gasteiger partial charge in [-0.15, -0.1) is 0 Å². The molecule has 0 bridgehead atoms. The summed E-state index contributed by atoms with van der Waals surface area (Å²) in [5.41, 5.74) is -6.38. The molecule has 0 saturated carbocycles. The van der Waals surface area contributed by atoms with Gasteiger partial charge in [-0.2, -0.15) is 61.5 Å². The summed E-state index contributed by atoms with van der Waals surface area (Å²) >= 11 is 0. The lowest BCUT2D eigenvalue weighted by Crippen LogP contribution is -2.74. The quantitative estimate of drug-likeness (QED) is 0.0696. The summed E-state index contributed by atoms with van der Waals surface area (Å²) < 4.78 is 221. The molecule has 0 amide bonds. The number of halogens is 16. The van der Waals surface area contributed by atoms with Crippen LogP contribution in [0.2, 0.25) is 0 Å². The van der Waals surface area contributed by atoms with Gasteiger partial charge in [0, 0.05) is 0 Å². The van der Waals surface area contributed by atoms with E-state index in [4.69, 9.17) is 0 Å². The number of benzene rings is 1. The third-order valence-corrected chi connectivity index (χ3v) is 5.32. The number of nitro benzene ring substituents is 3. The molecule has 0 fully saturated rings. The first-order chi connectivity index (χ1) is 19.8. The highest BCUT2D eigenvalue weighted by Crippen LogP contribution is 2.62. The summed E-state index contributed by atoms with van der Waals surface area (Å²) in [6.45, 7) is -3.29. The second-order valence-electron chi connectivity index (χ2n) is 8.13. The van der Waals surface area contributed by atoms with Crippen LogP contribution in [0, 0.1) is 37.3 Å². The SMILES string of the molecule is Cc1c([N+](=O)[O-])cc([N+](=O)[O-])c(OC(=O)OCC(F)(F)C(F)(F)C(F)(F)C(F)(F)C(F)(F)C(F)(F)C(F)(F)C(F)F)c1[N+](=O)[O-]. The highest BCUT2D eigenvalue weighted by atomic mass is 19.4. The van der Waals surface area contributed by atoms with E-state index in [-0.39, 0.29) is 6.07 Å². The van der Waals surface area contributed by atoms with Crippen LogP contribution in [0.5, 0.6) is 5.75 Å². The van der Waals surface area contributed by atoms with Crippen molar-refractivity contribution < 1.29 is 99.3 Å². The predicted molar refractivity (Wildman–Crippen MR) is 104 cm³/mol. The van der Waals surface area contributed by atoms with Gasteiger partial charge in [0.25, 0.3) is 11.4 Å². The van der Waals surface area contributed by atoms with Crippen molar-refractivity contribution in [1.29, 1.82) is 0 Å². The lowest BCUT2D eigenvalue weighted by Gasteiger charge is -2.42. The van der Waals surface area contributed by atoms with E-state index < -0.39 is 104 Å². The predicted octanol–water partition coefficient (Wildman–Crippen LogP) is 6.95. The summed E-state index contributed by atoms with van der Waals surface area (Å²) in [4.78, 5) is 40.0. The number of nitrogens with zero attached hydrogens (tertiary/aromatic N) is 3. The maximum absolute atomic E-state index is 13.9. The van der Waals surface area contributed by atoms with Crippen LogP contribution in [0.15, 0.2) is 6.07 Å². The van der Waals surface area contributed by atoms with Gasteiger partial charge in [0.1, 0.15) is 5.56 Å². The van der Waals surface area contributed by atoms with E-state index in [0.29, 0.717) is 6.92 Å². The lowest BCUT2D eigenvalue weighted by atomic mass is 9.89. The van der Waals surface area contributed by atoms with Crippen molar-refractivity contribution in [1.82, 2.24) is 0 Å². The molecular formula is C17H7F16N3O9. The van der Waals surface area contributed by atoms with Crippen LogP contribution < -0.4 is 4.74 Å². The third-order valence-electron chi connectivity index (χ3n) is 5.32. The molecule has 0 radical (unpaired) electrons. The molecule has 12 nitrogen and oxygen atoms in total. The monoisotopic (exact) mass is 701 g/mol. The van der Waals surface area contributed by atoms with Crippen molar-refractivity contribution >= 4 is 23.2 Å². The normalized spacial score (nSPS) is 13.9. The van der Waals surface area contributed by atoms with E-state index in [1.165, 1.54) is 0 Å². The molecule has 1 aromatic carbocycles. The van der Waals surface area contributed by atoms with Crippen molar-refractivity contribution in [2.45, 2.75) is 54.8 Å². The molecule has 0 spiro atoms. The van der Waals surface area contributed by atoms with Crippen LogP contribution in [-0.2, 0) is 4.74 Å². The largest absolute Gasteiger partial charge is 0.514 e. The smallest absolute Gasteiger partial charge is 0.427 e. The molecule has 0 N–H and O–H groups in total. The summed E-state index contributed by atoms with van der Waals surface area (Å²) in [7, 11) is 0. The Labute approximate surface area is 232 Å². The summed E-state index contributed by atoms with van der Waals surface area (Å²) in [5.74, 6) is -59.4. The Bertz CT molecular complexity index is 1390. The topological polar surface area (TPSA) is 165 Å². The number of rotatable bonds is 13. The van der Waals surface area contributed by atoms with E-state index in [9.17, 15) is 105 Å². The molecule has 0 heterocycles. The average molecular weight is 701 g/mol. The molecule has 28 heteroatoms. The Morgan fingerprint density at radius 2 is 1.11 bits per heavy atom. The number of nitro groups is 3. The number of ether oxygens (including phenoxy) is 2. The molecule has 45 heavy (non-hydrogen) atoms. The van der Waals surface area contributed by atoms with Crippen molar-refractivity contribution in [3.63, 3.8) is 0 Å². The Hall–Kier alpha value is -4.43. The van der Waals surface area contributed by atoms with Crippen LogP contribution in [0.1, 0.15) is 5.56 Å². The van der Waals surface area contributed by atoms with E-state index in [1.54, 1.807) is 0 Å². The minimum atomic E-state index is -8.74. The number of hydrogen-bond acceptors (Lipinski definition) is 9. The standard InChI is InChI=1S/C17H7F16N3O9/c1-4-5(34(38)39)2-6(35(40)41)8(7(4)36(42)43)45-10(37)44-3-11(20,21)13(24,25)15(28,29)17(32,33)16(30,31)14(26,27)12(22,23)9(18)19/h2,9H,3H2,1H3. The first kappa shape index (κ1) is 38.6. The van der Waals surface area contributed by atoms with Crippen LogP contribution >= 0.6 is 0 Å². The minimum Gasteiger partial charge on any atom is -0.427 e. The van der Waals surface area contributed by atoms with Crippen LogP contribution in [0.4, 0.5) is 92.1 Å². The molecule has 0 aromatic heterocycles. The lowest BCUT2D eigenvalue weighted by molar-refractivity contribution is -0.447. The fourth-order valence-electron chi connectivity index (χ4n) is 2.88. The Balaban J connectivity index is 3.52. The van der Waals surface area contributed by atoms with Crippen LogP contribution in [0.25, 0.3) is 0 Å². The van der Waals surface area contributed by atoms with Gasteiger partial charge in [0.05, 0.1) is 20.8 Å². The van der Waals surface area contributed by atoms with Crippen molar-refractivity contribution in [2.75, 3.05) is 6.61 Å². The van der Waals surface area contributed by atoms with Crippen LogP contribution in [0.3, 0.4) is 0 Å².